The molecule has 0 saturated carbocycles. The summed E-state index contributed by atoms with van der Waals surface area (Å²) in [6.07, 6.45) is 1.06. The maximum absolute atomic E-state index is 11.1. The summed E-state index contributed by atoms with van der Waals surface area (Å²) < 4.78 is 0. The predicted molar refractivity (Wildman–Crippen MR) is 54.7 cm³/mol. The molecule has 78 valence electrons. The molecule has 0 radical (unpaired) electrons. The van der Waals surface area contributed by atoms with Gasteiger partial charge in [0, 0.05) is 13.1 Å². The summed E-state index contributed by atoms with van der Waals surface area (Å²) in [5.74, 6) is 0.0790. The van der Waals surface area contributed by atoms with Crippen molar-refractivity contribution in [3.63, 3.8) is 0 Å². The number of hydrogen-bond donors (Lipinski definition) is 2. The summed E-state index contributed by atoms with van der Waals surface area (Å²) in [6.45, 7) is 5.03. The van der Waals surface area contributed by atoms with Crippen LogP contribution in [0.25, 0.3) is 0 Å². The third kappa shape index (κ3) is 9.30. The van der Waals surface area contributed by atoms with Crippen LogP contribution >= 0.6 is 0 Å². The Bertz CT molecular complexity index is 137. The Balaban J connectivity index is 3.20. The van der Waals surface area contributed by atoms with Crippen LogP contribution in [0.3, 0.4) is 0 Å². The van der Waals surface area contributed by atoms with Crippen molar-refractivity contribution in [3.05, 3.63) is 0 Å². The number of carbonyl (C=O) groups excluding carboxylic acids is 1. The van der Waals surface area contributed by atoms with E-state index in [0.717, 1.165) is 26.1 Å². The molecule has 0 aromatic heterocycles. The molecule has 4 nitrogen and oxygen atoms in total. The highest BCUT2D eigenvalue weighted by atomic mass is 16.1. The van der Waals surface area contributed by atoms with Gasteiger partial charge >= 0.3 is 0 Å². The quantitative estimate of drug-likeness (QED) is 0.536. The zero-order chi connectivity index (χ0) is 10.1. The van der Waals surface area contributed by atoms with E-state index in [9.17, 15) is 4.79 Å². The van der Waals surface area contributed by atoms with Crippen molar-refractivity contribution < 1.29 is 4.79 Å². The molecule has 0 atom stereocenters. The van der Waals surface area contributed by atoms with Gasteiger partial charge in [-0.15, -0.1) is 0 Å². The third-order valence-electron chi connectivity index (χ3n) is 1.59. The molecule has 0 fully saturated rings. The number of hydrogen-bond acceptors (Lipinski definition) is 3. The van der Waals surface area contributed by atoms with E-state index in [1.807, 2.05) is 19.0 Å². The smallest absolute Gasteiger partial charge is 0.234 e. The minimum atomic E-state index is 0.0790. The van der Waals surface area contributed by atoms with Crippen molar-refractivity contribution in [3.8, 4) is 0 Å². The SMILES string of the molecule is CCCNCC(=O)NCCN(C)C. The summed E-state index contributed by atoms with van der Waals surface area (Å²) in [5, 5.41) is 5.88. The van der Waals surface area contributed by atoms with Gasteiger partial charge in [0.2, 0.25) is 5.91 Å². The average molecular weight is 187 g/mol. The number of carbonyl (C=O) groups is 1. The second kappa shape index (κ2) is 8.01. The van der Waals surface area contributed by atoms with Crippen LogP contribution in [0.1, 0.15) is 13.3 Å². The van der Waals surface area contributed by atoms with Crippen molar-refractivity contribution in [2.24, 2.45) is 0 Å². The maximum atomic E-state index is 11.1. The second-order valence-electron chi connectivity index (χ2n) is 3.33. The molecule has 0 rings (SSSR count). The maximum Gasteiger partial charge on any atom is 0.234 e. The van der Waals surface area contributed by atoms with Crippen molar-refractivity contribution >= 4 is 5.91 Å². The monoisotopic (exact) mass is 187 g/mol. The van der Waals surface area contributed by atoms with Gasteiger partial charge in [0.15, 0.2) is 0 Å². The predicted octanol–water partition coefficient (Wildman–Crippen LogP) is -0.336. The fourth-order valence-corrected chi connectivity index (χ4v) is 0.860. The standard InChI is InChI=1S/C9H21N3O/c1-4-5-10-8-9(13)11-6-7-12(2)3/h10H,4-8H2,1-3H3,(H,11,13). The Morgan fingerprint density at radius 3 is 2.54 bits per heavy atom. The summed E-state index contributed by atoms with van der Waals surface area (Å²) in [6, 6.07) is 0. The minimum Gasteiger partial charge on any atom is -0.354 e. The van der Waals surface area contributed by atoms with E-state index in [-0.39, 0.29) is 5.91 Å². The van der Waals surface area contributed by atoms with E-state index in [0.29, 0.717) is 6.54 Å². The van der Waals surface area contributed by atoms with Crippen LogP contribution in [0.15, 0.2) is 0 Å². The van der Waals surface area contributed by atoms with Crippen molar-refractivity contribution in [2.75, 3.05) is 40.3 Å². The molecule has 0 aliphatic carbocycles. The Morgan fingerprint density at radius 1 is 1.31 bits per heavy atom. The third-order valence-corrected chi connectivity index (χ3v) is 1.59. The fourth-order valence-electron chi connectivity index (χ4n) is 0.860. The van der Waals surface area contributed by atoms with Crippen molar-refractivity contribution in [1.82, 2.24) is 15.5 Å². The molecule has 0 aromatic rings. The van der Waals surface area contributed by atoms with Crippen LogP contribution < -0.4 is 10.6 Å². The molecule has 1 amide bonds. The van der Waals surface area contributed by atoms with Gasteiger partial charge in [-0.05, 0) is 27.1 Å². The van der Waals surface area contributed by atoms with Crippen LogP contribution in [-0.2, 0) is 4.79 Å². The molecule has 0 heterocycles. The largest absolute Gasteiger partial charge is 0.354 e. The first-order valence-corrected chi connectivity index (χ1v) is 4.79. The molecule has 2 N–H and O–H groups in total. The lowest BCUT2D eigenvalue weighted by Crippen LogP contribution is -2.37. The normalized spacial score (nSPS) is 10.5. The summed E-state index contributed by atoms with van der Waals surface area (Å²) in [5.41, 5.74) is 0. The molecule has 0 aromatic carbocycles. The Hall–Kier alpha value is -0.610. The summed E-state index contributed by atoms with van der Waals surface area (Å²) >= 11 is 0. The molecule has 0 unspecified atom stereocenters. The lowest BCUT2D eigenvalue weighted by molar-refractivity contribution is -0.120. The molecule has 0 saturated heterocycles. The highest BCUT2D eigenvalue weighted by Gasteiger charge is 1.98. The highest BCUT2D eigenvalue weighted by molar-refractivity contribution is 5.77. The number of likely N-dealkylation sites (N-methyl/N-ethyl adjacent to an activating group) is 1. The molecule has 13 heavy (non-hydrogen) atoms. The van der Waals surface area contributed by atoms with Crippen LogP contribution in [-0.4, -0.2) is 51.1 Å². The first-order chi connectivity index (χ1) is 6.16. The van der Waals surface area contributed by atoms with Crippen molar-refractivity contribution in [2.45, 2.75) is 13.3 Å². The van der Waals surface area contributed by atoms with Crippen LogP contribution in [0.4, 0.5) is 0 Å². The Kier molecular flexibility index (Phi) is 7.63. The second-order valence-corrected chi connectivity index (χ2v) is 3.33. The molecule has 0 spiro atoms. The number of nitrogens with one attached hydrogen (secondary N) is 2. The van der Waals surface area contributed by atoms with Gasteiger partial charge in [-0.1, -0.05) is 6.92 Å². The van der Waals surface area contributed by atoms with E-state index < -0.39 is 0 Å². The number of amides is 1. The zero-order valence-corrected chi connectivity index (χ0v) is 8.89. The average Bonchev–Trinajstić information content (AvgIpc) is 2.04. The topological polar surface area (TPSA) is 44.4 Å². The first kappa shape index (κ1) is 12.4. The molecule has 4 heteroatoms. The molecule has 0 aliphatic heterocycles. The van der Waals surface area contributed by atoms with Gasteiger partial charge in [0.1, 0.15) is 0 Å². The fraction of sp³-hybridized carbons (Fsp3) is 0.889. The number of rotatable bonds is 7. The van der Waals surface area contributed by atoms with Gasteiger partial charge < -0.3 is 15.5 Å². The first-order valence-electron chi connectivity index (χ1n) is 4.79. The van der Waals surface area contributed by atoms with Gasteiger partial charge in [-0.25, -0.2) is 0 Å². The van der Waals surface area contributed by atoms with E-state index in [4.69, 9.17) is 0 Å². The minimum absolute atomic E-state index is 0.0790. The Morgan fingerprint density at radius 2 is 2.00 bits per heavy atom. The summed E-state index contributed by atoms with van der Waals surface area (Å²) in [7, 11) is 3.98. The molecular formula is C9H21N3O. The van der Waals surface area contributed by atoms with Crippen LogP contribution in [0, 0.1) is 0 Å². The molecular weight excluding hydrogens is 166 g/mol. The van der Waals surface area contributed by atoms with E-state index in [1.54, 1.807) is 0 Å². The van der Waals surface area contributed by atoms with Gasteiger partial charge in [-0.2, -0.15) is 0 Å². The van der Waals surface area contributed by atoms with E-state index in [1.165, 1.54) is 0 Å². The van der Waals surface area contributed by atoms with Gasteiger partial charge in [-0.3, -0.25) is 4.79 Å². The van der Waals surface area contributed by atoms with Crippen molar-refractivity contribution in [1.29, 1.82) is 0 Å². The Labute approximate surface area is 80.7 Å². The van der Waals surface area contributed by atoms with Gasteiger partial charge in [0.05, 0.1) is 6.54 Å². The number of nitrogens with zero attached hydrogens (tertiary/aromatic N) is 1. The van der Waals surface area contributed by atoms with Crippen LogP contribution in [0.5, 0.6) is 0 Å². The summed E-state index contributed by atoms with van der Waals surface area (Å²) in [4.78, 5) is 13.1. The lowest BCUT2D eigenvalue weighted by Gasteiger charge is -2.10. The molecule has 0 aliphatic rings. The zero-order valence-electron chi connectivity index (χ0n) is 8.89. The lowest BCUT2D eigenvalue weighted by atomic mass is 10.4. The van der Waals surface area contributed by atoms with Crippen LogP contribution in [0.2, 0.25) is 0 Å². The van der Waals surface area contributed by atoms with E-state index >= 15 is 0 Å². The van der Waals surface area contributed by atoms with Gasteiger partial charge in [0.25, 0.3) is 0 Å². The van der Waals surface area contributed by atoms with E-state index in [2.05, 4.69) is 17.6 Å². The highest BCUT2D eigenvalue weighted by Crippen LogP contribution is 1.72. The molecule has 0 bridgehead atoms.